The van der Waals surface area contributed by atoms with E-state index in [0.717, 1.165) is 25.9 Å². The first-order valence-corrected chi connectivity index (χ1v) is 10.1. The molecule has 0 N–H and O–H groups in total. The molecule has 0 radical (unpaired) electrons. The van der Waals surface area contributed by atoms with Crippen LogP contribution in [0.15, 0.2) is 66.9 Å². The molecule has 0 spiro atoms. The first kappa shape index (κ1) is 19.6. The van der Waals surface area contributed by atoms with Crippen LogP contribution in [0.5, 0.6) is 0 Å². The Bertz CT molecular complexity index is 1050. The minimum Gasteiger partial charge on any atom is -0.341 e. The van der Waals surface area contributed by atoms with Gasteiger partial charge in [-0.3, -0.25) is 9.69 Å². The molecule has 0 bridgehead atoms. The average molecular weight is 397 g/mol. The number of carbonyl (C=O) groups excluding carboxylic acids is 1. The third-order valence-corrected chi connectivity index (χ3v) is 5.59. The predicted molar refractivity (Wildman–Crippen MR) is 117 cm³/mol. The minimum atomic E-state index is -0.174. The summed E-state index contributed by atoms with van der Waals surface area (Å²) in [6, 6.07) is 21.0. The zero-order valence-corrected chi connectivity index (χ0v) is 16.9. The highest BCUT2D eigenvalue weighted by Crippen LogP contribution is 2.29. The number of rotatable bonds is 4. The SMILES string of the molecule is CN(C(=O)c1ccc(C#N)cc1)c1ccnc(N2CCC(c3ccccc3)CC2)n1. The van der Waals surface area contributed by atoms with Crippen molar-refractivity contribution in [2.75, 3.05) is 29.9 Å². The molecule has 0 aliphatic carbocycles. The molecule has 1 aliphatic rings. The molecule has 6 nitrogen and oxygen atoms in total. The summed E-state index contributed by atoms with van der Waals surface area (Å²) >= 11 is 0. The summed E-state index contributed by atoms with van der Waals surface area (Å²) < 4.78 is 0. The van der Waals surface area contributed by atoms with Crippen molar-refractivity contribution in [3.8, 4) is 6.07 Å². The topological polar surface area (TPSA) is 73.1 Å². The molecule has 2 heterocycles. The lowest BCUT2D eigenvalue weighted by atomic mass is 9.90. The number of anilines is 2. The van der Waals surface area contributed by atoms with Gasteiger partial charge in [-0.2, -0.15) is 10.2 Å². The maximum absolute atomic E-state index is 12.8. The second-order valence-electron chi connectivity index (χ2n) is 7.44. The first-order valence-electron chi connectivity index (χ1n) is 10.1. The maximum atomic E-state index is 12.8. The van der Waals surface area contributed by atoms with Crippen molar-refractivity contribution in [2.24, 2.45) is 0 Å². The van der Waals surface area contributed by atoms with Gasteiger partial charge in [-0.25, -0.2) is 4.98 Å². The van der Waals surface area contributed by atoms with Crippen LogP contribution in [0.3, 0.4) is 0 Å². The zero-order chi connectivity index (χ0) is 20.9. The molecule has 3 aromatic rings. The lowest BCUT2D eigenvalue weighted by Gasteiger charge is -2.32. The number of nitriles is 1. The Labute approximate surface area is 176 Å². The van der Waals surface area contributed by atoms with Gasteiger partial charge in [0.1, 0.15) is 5.82 Å². The van der Waals surface area contributed by atoms with Gasteiger partial charge in [-0.1, -0.05) is 30.3 Å². The highest BCUT2D eigenvalue weighted by molar-refractivity contribution is 6.05. The fraction of sp³-hybridized carbons (Fsp3) is 0.250. The van der Waals surface area contributed by atoms with Crippen molar-refractivity contribution in [3.05, 3.63) is 83.6 Å². The van der Waals surface area contributed by atoms with Crippen molar-refractivity contribution in [1.29, 1.82) is 5.26 Å². The maximum Gasteiger partial charge on any atom is 0.259 e. The van der Waals surface area contributed by atoms with Gasteiger partial charge in [0.15, 0.2) is 0 Å². The molecule has 1 aliphatic heterocycles. The van der Waals surface area contributed by atoms with Crippen LogP contribution in [-0.2, 0) is 0 Å². The van der Waals surface area contributed by atoms with Gasteiger partial charge in [-0.05, 0) is 54.7 Å². The number of carbonyl (C=O) groups is 1. The van der Waals surface area contributed by atoms with E-state index in [0.29, 0.717) is 28.8 Å². The summed E-state index contributed by atoms with van der Waals surface area (Å²) in [7, 11) is 1.70. The van der Waals surface area contributed by atoms with E-state index in [1.54, 1.807) is 43.6 Å². The number of benzene rings is 2. The number of hydrogen-bond donors (Lipinski definition) is 0. The molecule has 150 valence electrons. The lowest BCUT2D eigenvalue weighted by Crippen LogP contribution is -2.35. The molecule has 0 saturated carbocycles. The Morgan fingerprint density at radius 2 is 1.77 bits per heavy atom. The monoisotopic (exact) mass is 397 g/mol. The van der Waals surface area contributed by atoms with Gasteiger partial charge in [0.2, 0.25) is 5.95 Å². The van der Waals surface area contributed by atoms with Crippen molar-refractivity contribution in [3.63, 3.8) is 0 Å². The Morgan fingerprint density at radius 3 is 2.43 bits per heavy atom. The Balaban J connectivity index is 1.45. The molecule has 4 rings (SSSR count). The van der Waals surface area contributed by atoms with Crippen LogP contribution in [0.1, 0.15) is 40.2 Å². The standard InChI is InChI=1S/C24H23N5O/c1-28(23(30)21-9-7-18(17-25)8-10-21)22-11-14-26-24(27-22)29-15-12-20(13-16-29)19-5-3-2-4-6-19/h2-11,14,20H,12-13,15-16H2,1H3. The lowest BCUT2D eigenvalue weighted by molar-refractivity contribution is 0.0992. The van der Waals surface area contributed by atoms with Gasteiger partial charge in [0.05, 0.1) is 11.6 Å². The fourth-order valence-corrected chi connectivity index (χ4v) is 3.80. The molecule has 1 aromatic heterocycles. The molecule has 1 amide bonds. The number of nitrogens with zero attached hydrogens (tertiary/aromatic N) is 5. The summed E-state index contributed by atoms with van der Waals surface area (Å²) in [6.45, 7) is 1.77. The number of piperidine rings is 1. The molecule has 0 unspecified atom stereocenters. The molecular weight excluding hydrogens is 374 g/mol. The smallest absolute Gasteiger partial charge is 0.259 e. The van der Waals surface area contributed by atoms with Crippen LogP contribution in [0, 0.1) is 11.3 Å². The average Bonchev–Trinajstić information content (AvgIpc) is 2.84. The third-order valence-electron chi connectivity index (χ3n) is 5.59. The van der Waals surface area contributed by atoms with Crippen LogP contribution in [-0.4, -0.2) is 36.0 Å². The van der Waals surface area contributed by atoms with Crippen molar-refractivity contribution in [1.82, 2.24) is 9.97 Å². The molecule has 1 saturated heterocycles. The van der Waals surface area contributed by atoms with E-state index in [1.165, 1.54) is 10.5 Å². The van der Waals surface area contributed by atoms with Gasteiger partial charge in [0.25, 0.3) is 5.91 Å². The Hall–Kier alpha value is -3.72. The second kappa shape index (κ2) is 8.75. The van der Waals surface area contributed by atoms with Crippen molar-refractivity contribution >= 4 is 17.7 Å². The van der Waals surface area contributed by atoms with Crippen LogP contribution in [0.4, 0.5) is 11.8 Å². The summed E-state index contributed by atoms with van der Waals surface area (Å²) in [5.41, 5.74) is 2.43. The van der Waals surface area contributed by atoms with Crippen LogP contribution >= 0.6 is 0 Å². The van der Waals surface area contributed by atoms with Crippen LogP contribution in [0.2, 0.25) is 0 Å². The summed E-state index contributed by atoms with van der Waals surface area (Å²) in [6.07, 6.45) is 3.80. The van der Waals surface area contributed by atoms with E-state index in [-0.39, 0.29) is 5.91 Å². The highest BCUT2D eigenvalue weighted by atomic mass is 16.2. The van der Waals surface area contributed by atoms with Crippen molar-refractivity contribution in [2.45, 2.75) is 18.8 Å². The van der Waals surface area contributed by atoms with Crippen LogP contribution < -0.4 is 9.80 Å². The Morgan fingerprint density at radius 1 is 1.07 bits per heavy atom. The van der Waals surface area contributed by atoms with Gasteiger partial charge >= 0.3 is 0 Å². The van der Waals surface area contributed by atoms with Crippen molar-refractivity contribution < 1.29 is 4.79 Å². The van der Waals surface area contributed by atoms with E-state index in [2.05, 4.69) is 45.2 Å². The predicted octanol–water partition coefficient (Wildman–Crippen LogP) is 4.01. The zero-order valence-electron chi connectivity index (χ0n) is 16.9. The summed E-state index contributed by atoms with van der Waals surface area (Å²) in [5.74, 6) is 1.59. The van der Waals surface area contributed by atoms with E-state index < -0.39 is 0 Å². The van der Waals surface area contributed by atoms with E-state index in [1.807, 2.05) is 6.07 Å². The number of aromatic nitrogens is 2. The van der Waals surface area contributed by atoms with Gasteiger partial charge < -0.3 is 4.90 Å². The number of amides is 1. The van der Waals surface area contributed by atoms with Gasteiger partial charge in [0, 0.05) is 31.9 Å². The largest absolute Gasteiger partial charge is 0.341 e. The second-order valence-corrected chi connectivity index (χ2v) is 7.44. The van der Waals surface area contributed by atoms with Gasteiger partial charge in [-0.15, -0.1) is 0 Å². The van der Waals surface area contributed by atoms with Crippen LogP contribution in [0.25, 0.3) is 0 Å². The molecule has 30 heavy (non-hydrogen) atoms. The van der Waals surface area contributed by atoms with E-state index in [4.69, 9.17) is 5.26 Å². The molecule has 6 heteroatoms. The minimum absolute atomic E-state index is 0.174. The van der Waals surface area contributed by atoms with E-state index in [9.17, 15) is 4.79 Å². The highest BCUT2D eigenvalue weighted by Gasteiger charge is 2.23. The normalized spacial score (nSPS) is 14.2. The first-order chi connectivity index (χ1) is 14.7. The molecule has 1 fully saturated rings. The third kappa shape index (κ3) is 4.15. The fourth-order valence-electron chi connectivity index (χ4n) is 3.80. The summed E-state index contributed by atoms with van der Waals surface area (Å²) in [4.78, 5) is 25.6. The quantitative estimate of drug-likeness (QED) is 0.665. The Kier molecular flexibility index (Phi) is 5.71. The molecule has 2 aromatic carbocycles. The molecule has 0 atom stereocenters. The molecular formula is C24H23N5O. The summed E-state index contributed by atoms with van der Waals surface area (Å²) in [5, 5.41) is 8.92. The van der Waals surface area contributed by atoms with E-state index >= 15 is 0 Å². The number of hydrogen-bond acceptors (Lipinski definition) is 5.